The number of rotatable bonds is 6. The van der Waals surface area contributed by atoms with Crippen molar-refractivity contribution < 1.29 is 14.3 Å². The van der Waals surface area contributed by atoms with E-state index < -0.39 is 0 Å². The van der Waals surface area contributed by atoms with E-state index in [9.17, 15) is 4.79 Å². The number of pyridine rings is 1. The lowest BCUT2D eigenvalue weighted by Gasteiger charge is -2.11. The summed E-state index contributed by atoms with van der Waals surface area (Å²) in [6.07, 6.45) is 3.22. The molecule has 0 atom stereocenters. The standard InChI is InChI=1S/C15H16N2O3/c1-2-19-13-5-3-4-6-14(13)20-11-15(18)17-12-7-9-16-10-8-12/h3-10H,2,11H2,1H3,(H,16,17,18). The van der Waals surface area contributed by atoms with Crippen molar-refractivity contribution in [2.45, 2.75) is 6.92 Å². The van der Waals surface area contributed by atoms with Gasteiger partial charge in [-0.2, -0.15) is 0 Å². The van der Waals surface area contributed by atoms with Crippen molar-refractivity contribution in [2.24, 2.45) is 0 Å². The summed E-state index contributed by atoms with van der Waals surface area (Å²) >= 11 is 0. The molecular weight excluding hydrogens is 256 g/mol. The lowest BCUT2D eigenvalue weighted by atomic mass is 10.3. The van der Waals surface area contributed by atoms with E-state index in [1.54, 1.807) is 36.7 Å². The SMILES string of the molecule is CCOc1ccccc1OCC(=O)Nc1ccncc1. The lowest BCUT2D eigenvalue weighted by molar-refractivity contribution is -0.118. The average molecular weight is 272 g/mol. The summed E-state index contributed by atoms with van der Waals surface area (Å²) in [7, 11) is 0. The van der Waals surface area contributed by atoms with Gasteiger partial charge < -0.3 is 14.8 Å². The maximum atomic E-state index is 11.8. The van der Waals surface area contributed by atoms with E-state index in [1.165, 1.54) is 0 Å². The number of aromatic nitrogens is 1. The third-order valence-corrected chi connectivity index (χ3v) is 2.47. The second-order valence-electron chi connectivity index (χ2n) is 3.95. The molecule has 1 N–H and O–H groups in total. The van der Waals surface area contributed by atoms with Gasteiger partial charge in [0.05, 0.1) is 6.61 Å². The summed E-state index contributed by atoms with van der Waals surface area (Å²) in [6.45, 7) is 2.36. The minimum Gasteiger partial charge on any atom is -0.490 e. The van der Waals surface area contributed by atoms with Crippen molar-refractivity contribution in [1.29, 1.82) is 0 Å². The highest BCUT2D eigenvalue weighted by Crippen LogP contribution is 2.26. The van der Waals surface area contributed by atoms with Crippen molar-refractivity contribution in [2.75, 3.05) is 18.5 Å². The van der Waals surface area contributed by atoms with E-state index in [2.05, 4.69) is 10.3 Å². The number of hydrogen-bond acceptors (Lipinski definition) is 4. The fourth-order valence-electron chi connectivity index (χ4n) is 1.62. The van der Waals surface area contributed by atoms with E-state index in [-0.39, 0.29) is 12.5 Å². The molecule has 2 rings (SSSR count). The molecule has 5 heteroatoms. The Morgan fingerprint density at radius 2 is 1.75 bits per heavy atom. The lowest BCUT2D eigenvalue weighted by Crippen LogP contribution is -2.20. The van der Waals surface area contributed by atoms with Gasteiger partial charge in [0.1, 0.15) is 0 Å². The van der Waals surface area contributed by atoms with Gasteiger partial charge in [-0.25, -0.2) is 0 Å². The van der Waals surface area contributed by atoms with Crippen LogP contribution in [-0.2, 0) is 4.79 Å². The highest BCUT2D eigenvalue weighted by Gasteiger charge is 2.07. The highest BCUT2D eigenvalue weighted by atomic mass is 16.5. The minimum atomic E-state index is -0.234. The van der Waals surface area contributed by atoms with Crippen molar-refractivity contribution >= 4 is 11.6 Å². The molecule has 1 amide bonds. The van der Waals surface area contributed by atoms with E-state index in [1.807, 2.05) is 19.1 Å². The second kappa shape index (κ2) is 7.13. The molecule has 0 aliphatic heterocycles. The van der Waals surface area contributed by atoms with Crippen LogP contribution in [0, 0.1) is 0 Å². The topological polar surface area (TPSA) is 60.5 Å². The van der Waals surface area contributed by atoms with Gasteiger partial charge in [-0.1, -0.05) is 12.1 Å². The first-order valence-corrected chi connectivity index (χ1v) is 6.34. The van der Waals surface area contributed by atoms with Gasteiger partial charge in [0, 0.05) is 18.1 Å². The number of benzene rings is 1. The summed E-state index contributed by atoms with van der Waals surface area (Å²) in [5.74, 6) is 0.952. The summed E-state index contributed by atoms with van der Waals surface area (Å²) in [5.41, 5.74) is 0.687. The number of hydrogen-bond donors (Lipinski definition) is 1. The van der Waals surface area contributed by atoms with E-state index in [0.29, 0.717) is 23.8 Å². The maximum Gasteiger partial charge on any atom is 0.262 e. The molecule has 0 fully saturated rings. The number of nitrogens with one attached hydrogen (secondary N) is 1. The normalized spacial score (nSPS) is 9.85. The average Bonchev–Trinajstić information content (AvgIpc) is 2.48. The van der Waals surface area contributed by atoms with Crippen molar-refractivity contribution in [3.05, 3.63) is 48.8 Å². The molecule has 1 heterocycles. The molecule has 0 radical (unpaired) electrons. The molecule has 0 bridgehead atoms. The van der Waals surface area contributed by atoms with Crippen LogP contribution in [0.1, 0.15) is 6.92 Å². The van der Waals surface area contributed by atoms with Crippen molar-refractivity contribution in [1.82, 2.24) is 4.98 Å². The van der Waals surface area contributed by atoms with Crippen LogP contribution < -0.4 is 14.8 Å². The van der Waals surface area contributed by atoms with Crippen LogP contribution >= 0.6 is 0 Å². The number of amides is 1. The Balaban J connectivity index is 1.90. The Morgan fingerprint density at radius 1 is 1.10 bits per heavy atom. The predicted molar refractivity (Wildman–Crippen MR) is 76.0 cm³/mol. The third-order valence-electron chi connectivity index (χ3n) is 2.47. The van der Waals surface area contributed by atoms with Gasteiger partial charge in [-0.15, -0.1) is 0 Å². The molecule has 20 heavy (non-hydrogen) atoms. The molecule has 1 aromatic heterocycles. The molecule has 0 aliphatic carbocycles. The number of ether oxygens (including phenoxy) is 2. The first-order chi connectivity index (χ1) is 9.79. The van der Waals surface area contributed by atoms with Gasteiger partial charge in [0.25, 0.3) is 5.91 Å². The van der Waals surface area contributed by atoms with Crippen LogP contribution in [0.15, 0.2) is 48.8 Å². The zero-order valence-electron chi connectivity index (χ0n) is 11.2. The summed E-state index contributed by atoms with van der Waals surface area (Å²) in [6, 6.07) is 10.7. The molecule has 104 valence electrons. The van der Waals surface area contributed by atoms with E-state index in [0.717, 1.165) is 0 Å². The molecule has 0 saturated carbocycles. The minimum absolute atomic E-state index is 0.0770. The maximum absolute atomic E-state index is 11.8. The van der Waals surface area contributed by atoms with Crippen LogP contribution in [0.5, 0.6) is 11.5 Å². The Bertz CT molecular complexity index is 558. The van der Waals surface area contributed by atoms with Crippen LogP contribution in [-0.4, -0.2) is 24.1 Å². The fourth-order valence-corrected chi connectivity index (χ4v) is 1.62. The predicted octanol–water partition coefficient (Wildman–Crippen LogP) is 2.50. The van der Waals surface area contributed by atoms with Crippen molar-refractivity contribution in [3.63, 3.8) is 0 Å². The Kier molecular flexibility index (Phi) is 4.94. The molecule has 0 unspecified atom stereocenters. The summed E-state index contributed by atoms with van der Waals surface area (Å²) in [4.78, 5) is 15.6. The quantitative estimate of drug-likeness (QED) is 0.877. The van der Waals surface area contributed by atoms with E-state index >= 15 is 0 Å². The van der Waals surface area contributed by atoms with Gasteiger partial charge in [0.15, 0.2) is 18.1 Å². The van der Waals surface area contributed by atoms with E-state index in [4.69, 9.17) is 9.47 Å². The number of anilines is 1. The molecular formula is C15H16N2O3. The van der Waals surface area contributed by atoms with Gasteiger partial charge in [0.2, 0.25) is 0 Å². The van der Waals surface area contributed by atoms with Crippen LogP contribution in [0.2, 0.25) is 0 Å². The summed E-state index contributed by atoms with van der Waals surface area (Å²) in [5, 5.41) is 2.72. The monoisotopic (exact) mass is 272 g/mol. The number of carbonyl (C=O) groups is 1. The zero-order valence-corrected chi connectivity index (χ0v) is 11.2. The molecule has 0 aliphatic rings. The number of nitrogens with zero attached hydrogens (tertiary/aromatic N) is 1. The fraction of sp³-hybridized carbons (Fsp3) is 0.200. The molecule has 1 aromatic carbocycles. The van der Waals surface area contributed by atoms with Gasteiger partial charge in [-0.05, 0) is 31.2 Å². The smallest absolute Gasteiger partial charge is 0.262 e. The summed E-state index contributed by atoms with van der Waals surface area (Å²) < 4.78 is 10.9. The first kappa shape index (κ1) is 13.9. The first-order valence-electron chi connectivity index (χ1n) is 6.34. The van der Waals surface area contributed by atoms with Gasteiger partial charge >= 0.3 is 0 Å². The van der Waals surface area contributed by atoms with Crippen LogP contribution in [0.3, 0.4) is 0 Å². The van der Waals surface area contributed by atoms with Crippen molar-refractivity contribution in [3.8, 4) is 11.5 Å². The van der Waals surface area contributed by atoms with Gasteiger partial charge in [-0.3, -0.25) is 9.78 Å². The highest BCUT2D eigenvalue weighted by molar-refractivity contribution is 5.91. The molecule has 2 aromatic rings. The molecule has 5 nitrogen and oxygen atoms in total. The third kappa shape index (κ3) is 3.98. The zero-order chi connectivity index (χ0) is 14.2. The van der Waals surface area contributed by atoms with Crippen LogP contribution in [0.25, 0.3) is 0 Å². The largest absolute Gasteiger partial charge is 0.490 e. The Hall–Kier alpha value is -2.56. The van der Waals surface area contributed by atoms with Crippen LogP contribution in [0.4, 0.5) is 5.69 Å². The number of para-hydroxylation sites is 2. The Labute approximate surface area is 117 Å². The molecule has 0 spiro atoms. The second-order valence-corrected chi connectivity index (χ2v) is 3.95. The molecule has 0 saturated heterocycles. The Morgan fingerprint density at radius 3 is 2.40 bits per heavy atom. The number of carbonyl (C=O) groups excluding carboxylic acids is 1.